The van der Waals surface area contributed by atoms with Crippen LogP contribution in [0, 0.1) is 6.92 Å². The number of carbonyl (C=O) groups is 1. The summed E-state index contributed by atoms with van der Waals surface area (Å²) in [6.07, 6.45) is 1.41. The van der Waals surface area contributed by atoms with Crippen molar-refractivity contribution in [2.45, 2.75) is 13.5 Å². The van der Waals surface area contributed by atoms with Crippen molar-refractivity contribution in [2.24, 2.45) is 0 Å². The molecule has 2 aromatic heterocycles. The average molecular weight is 301 g/mol. The Kier molecular flexibility index (Phi) is 3.35. The van der Waals surface area contributed by atoms with E-state index < -0.39 is 0 Å². The number of nitrogens with one attached hydrogen (secondary N) is 2. The van der Waals surface area contributed by atoms with Gasteiger partial charge in [0.1, 0.15) is 12.2 Å². The normalized spacial score (nSPS) is 10.4. The summed E-state index contributed by atoms with van der Waals surface area (Å²) in [4.78, 5) is 16.3. The second kappa shape index (κ2) is 4.75. The SMILES string of the molecule is Cc1cc(C(=O)NCc2ncn[nH]2)sc1Br. The number of H-pyrrole nitrogens is 1. The molecular weight excluding hydrogens is 292 g/mol. The molecule has 5 nitrogen and oxygen atoms in total. The first-order valence-electron chi connectivity index (χ1n) is 4.55. The molecule has 0 atom stereocenters. The summed E-state index contributed by atoms with van der Waals surface area (Å²) in [7, 11) is 0. The average Bonchev–Trinajstić information content (AvgIpc) is 2.86. The molecule has 16 heavy (non-hydrogen) atoms. The predicted octanol–water partition coefficient (Wildman–Crippen LogP) is 1.87. The van der Waals surface area contributed by atoms with E-state index in [1.165, 1.54) is 17.7 Å². The molecule has 0 aromatic carbocycles. The summed E-state index contributed by atoms with van der Waals surface area (Å²) in [5.41, 5.74) is 1.06. The molecule has 2 heterocycles. The van der Waals surface area contributed by atoms with Crippen LogP contribution in [0.3, 0.4) is 0 Å². The lowest BCUT2D eigenvalue weighted by Crippen LogP contribution is -2.22. The first-order chi connectivity index (χ1) is 7.66. The minimum atomic E-state index is -0.102. The van der Waals surface area contributed by atoms with Gasteiger partial charge in [0.05, 0.1) is 15.2 Å². The number of rotatable bonds is 3. The number of aromatic amines is 1. The highest BCUT2D eigenvalue weighted by Crippen LogP contribution is 2.27. The lowest BCUT2D eigenvalue weighted by molar-refractivity contribution is 0.0954. The molecule has 2 rings (SSSR count). The molecule has 0 unspecified atom stereocenters. The summed E-state index contributed by atoms with van der Waals surface area (Å²) in [6.45, 7) is 2.31. The van der Waals surface area contributed by atoms with Crippen LogP contribution in [0.15, 0.2) is 16.2 Å². The highest BCUT2D eigenvalue weighted by molar-refractivity contribution is 9.11. The number of thiophene rings is 1. The van der Waals surface area contributed by atoms with E-state index in [1.54, 1.807) is 0 Å². The third-order valence-corrected chi connectivity index (χ3v) is 4.10. The van der Waals surface area contributed by atoms with Gasteiger partial charge in [0.25, 0.3) is 5.91 Å². The van der Waals surface area contributed by atoms with Crippen LogP contribution in [0.2, 0.25) is 0 Å². The van der Waals surface area contributed by atoms with E-state index in [0.717, 1.165) is 9.35 Å². The summed E-state index contributed by atoms with van der Waals surface area (Å²) in [5, 5.41) is 9.14. The molecule has 0 spiro atoms. The molecule has 1 amide bonds. The zero-order valence-corrected chi connectivity index (χ0v) is 10.9. The van der Waals surface area contributed by atoms with Crippen LogP contribution < -0.4 is 5.32 Å². The van der Waals surface area contributed by atoms with Gasteiger partial charge in [0.15, 0.2) is 0 Å². The highest BCUT2D eigenvalue weighted by atomic mass is 79.9. The van der Waals surface area contributed by atoms with Gasteiger partial charge in [-0.05, 0) is 34.5 Å². The topological polar surface area (TPSA) is 70.7 Å². The van der Waals surface area contributed by atoms with Crippen molar-refractivity contribution in [1.82, 2.24) is 20.5 Å². The van der Waals surface area contributed by atoms with Crippen molar-refractivity contribution in [3.63, 3.8) is 0 Å². The number of hydrogen-bond acceptors (Lipinski definition) is 4. The Labute approximate surface area is 104 Å². The minimum Gasteiger partial charge on any atom is -0.344 e. The van der Waals surface area contributed by atoms with Gasteiger partial charge < -0.3 is 5.32 Å². The molecule has 0 saturated heterocycles. The predicted molar refractivity (Wildman–Crippen MR) is 64.3 cm³/mol. The van der Waals surface area contributed by atoms with Crippen LogP contribution in [-0.4, -0.2) is 21.1 Å². The fraction of sp³-hybridized carbons (Fsp3) is 0.222. The van der Waals surface area contributed by atoms with Crippen LogP contribution in [-0.2, 0) is 6.54 Å². The third kappa shape index (κ3) is 2.48. The van der Waals surface area contributed by atoms with Crippen molar-refractivity contribution in [1.29, 1.82) is 0 Å². The molecule has 84 valence electrons. The molecule has 0 aliphatic carbocycles. The Hall–Kier alpha value is -1.21. The number of halogens is 1. The number of aromatic nitrogens is 3. The molecule has 0 saturated carbocycles. The van der Waals surface area contributed by atoms with Gasteiger partial charge in [-0.1, -0.05) is 0 Å². The Morgan fingerprint density at radius 1 is 1.69 bits per heavy atom. The van der Waals surface area contributed by atoms with E-state index in [0.29, 0.717) is 17.2 Å². The minimum absolute atomic E-state index is 0.102. The lowest BCUT2D eigenvalue weighted by atomic mass is 10.3. The zero-order chi connectivity index (χ0) is 11.5. The standard InChI is InChI=1S/C9H9BrN4OS/c1-5-2-6(16-8(5)10)9(15)11-3-7-12-4-13-14-7/h2,4H,3H2,1H3,(H,11,15)(H,12,13,14). The Bertz CT molecular complexity index is 474. The lowest BCUT2D eigenvalue weighted by Gasteiger charge is -1.99. The van der Waals surface area contributed by atoms with Crippen LogP contribution in [0.5, 0.6) is 0 Å². The zero-order valence-electron chi connectivity index (χ0n) is 8.45. The summed E-state index contributed by atoms with van der Waals surface area (Å²) in [6, 6.07) is 1.85. The molecule has 2 N–H and O–H groups in total. The van der Waals surface area contributed by atoms with Gasteiger partial charge in [-0.15, -0.1) is 11.3 Å². The number of carbonyl (C=O) groups excluding carboxylic acids is 1. The number of nitrogens with zero attached hydrogens (tertiary/aromatic N) is 2. The number of amides is 1. The largest absolute Gasteiger partial charge is 0.344 e. The van der Waals surface area contributed by atoms with Crippen LogP contribution >= 0.6 is 27.3 Å². The van der Waals surface area contributed by atoms with E-state index in [9.17, 15) is 4.79 Å². The van der Waals surface area contributed by atoms with Crippen LogP contribution in [0.25, 0.3) is 0 Å². The molecule has 0 bridgehead atoms. The fourth-order valence-corrected chi connectivity index (χ4v) is 2.59. The Morgan fingerprint density at radius 3 is 3.06 bits per heavy atom. The smallest absolute Gasteiger partial charge is 0.261 e. The van der Waals surface area contributed by atoms with Crippen LogP contribution in [0.1, 0.15) is 21.1 Å². The van der Waals surface area contributed by atoms with Crippen molar-refractivity contribution in [3.05, 3.63) is 32.4 Å². The van der Waals surface area contributed by atoms with Gasteiger partial charge in [0, 0.05) is 0 Å². The van der Waals surface area contributed by atoms with E-state index in [4.69, 9.17) is 0 Å². The second-order valence-electron chi connectivity index (χ2n) is 3.18. The molecule has 0 fully saturated rings. The van der Waals surface area contributed by atoms with Crippen LogP contribution in [0.4, 0.5) is 0 Å². The van der Waals surface area contributed by atoms with E-state index in [1.807, 2.05) is 13.0 Å². The van der Waals surface area contributed by atoms with Gasteiger partial charge in [-0.2, -0.15) is 5.10 Å². The van der Waals surface area contributed by atoms with Crippen molar-refractivity contribution in [2.75, 3.05) is 0 Å². The molecule has 7 heteroatoms. The van der Waals surface area contributed by atoms with E-state index >= 15 is 0 Å². The van der Waals surface area contributed by atoms with Crippen molar-refractivity contribution >= 4 is 33.2 Å². The first-order valence-corrected chi connectivity index (χ1v) is 6.16. The van der Waals surface area contributed by atoms with Gasteiger partial charge in [0.2, 0.25) is 0 Å². The Balaban J connectivity index is 1.98. The molecule has 0 aliphatic heterocycles. The molecule has 2 aromatic rings. The maximum Gasteiger partial charge on any atom is 0.261 e. The first kappa shape index (κ1) is 11.3. The summed E-state index contributed by atoms with van der Waals surface area (Å²) in [5.74, 6) is 0.538. The van der Waals surface area contributed by atoms with E-state index in [-0.39, 0.29) is 5.91 Å². The third-order valence-electron chi connectivity index (χ3n) is 1.96. The summed E-state index contributed by atoms with van der Waals surface area (Å²) < 4.78 is 0.984. The summed E-state index contributed by atoms with van der Waals surface area (Å²) >= 11 is 4.80. The monoisotopic (exact) mass is 300 g/mol. The molecular formula is C9H9BrN4OS. The number of aryl methyl sites for hydroxylation is 1. The van der Waals surface area contributed by atoms with Gasteiger partial charge in [-0.25, -0.2) is 4.98 Å². The molecule has 0 radical (unpaired) electrons. The highest BCUT2D eigenvalue weighted by Gasteiger charge is 2.11. The number of hydrogen-bond donors (Lipinski definition) is 2. The Morgan fingerprint density at radius 2 is 2.50 bits per heavy atom. The maximum absolute atomic E-state index is 11.7. The fourth-order valence-electron chi connectivity index (χ4n) is 1.14. The van der Waals surface area contributed by atoms with Gasteiger partial charge >= 0.3 is 0 Å². The van der Waals surface area contributed by atoms with Crippen molar-refractivity contribution < 1.29 is 4.79 Å². The van der Waals surface area contributed by atoms with Gasteiger partial charge in [-0.3, -0.25) is 9.89 Å². The quantitative estimate of drug-likeness (QED) is 0.909. The molecule has 0 aliphatic rings. The van der Waals surface area contributed by atoms with E-state index in [2.05, 4.69) is 36.4 Å². The maximum atomic E-state index is 11.7. The second-order valence-corrected chi connectivity index (χ2v) is 5.55. The van der Waals surface area contributed by atoms with Crippen molar-refractivity contribution in [3.8, 4) is 0 Å².